The van der Waals surface area contributed by atoms with E-state index in [-0.39, 0.29) is 5.69 Å². The standard InChI is InChI=1S/C18H11BrClF3N2O/c19-11-4-7-13-15(9-11)24-14(16(13)25-17(26)18(21,22)23)8-3-10-1-5-12(20)6-2-10/h1-9,24H,(H,25,26). The van der Waals surface area contributed by atoms with Crippen LogP contribution < -0.4 is 5.32 Å². The van der Waals surface area contributed by atoms with Gasteiger partial charge in [-0.1, -0.05) is 45.7 Å². The van der Waals surface area contributed by atoms with E-state index in [1.165, 1.54) is 0 Å². The van der Waals surface area contributed by atoms with Crippen LogP contribution in [0.1, 0.15) is 11.3 Å². The average Bonchev–Trinajstić information content (AvgIpc) is 2.90. The molecule has 1 aromatic heterocycles. The second-order valence-corrected chi connectivity index (χ2v) is 6.79. The van der Waals surface area contributed by atoms with Crippen LogP contribution in [0.4, 0.5) is 18.9 Å². The number of aromatic nitrogens is 1. The third-order valence-electron chi connectivity index (χ3n) is 3.60. The quantitative estimate of drug-likeness (QED) is 0.493. The topological polar surface area (TPSA) is 44.9 Å². The van der Waals surface area contributed by atoms with E-state index >= 15 is 0 Å². The molecular weight excluding hydrogens is 433 g/mol. The van der Waals surface area contributed by atoms with Crippen LogP contribution in [0.2, 0.25) is 5.02 Å². The number of halogens is 5. The number of anilines is 1. The molecule has 0 unspecified atom stereocenters. The summed E-state index contributed by atoms with van der Waals surface area (Å²) in [5, 5.41) is 3.01. The SMILES string of the molecule is O=C(Nc1c(C=Cc2ccc(Cl)cc2)[nH]c2cc(Br)ccc12)C(F)(F)F. The largest absolute Gasteiger partial charge is 0.471 e. The Labute approximate surface area is 160 Å². The van der Waals surface area contributed by atoms with E-state index < -0.39 is 12.1 Å². The van der Waals surface area contributed by atoms with E-state index in [0.717, 1.165) is 10.0 Å². The van der Waals surface area contributed by atoms with Crippen LogP contribution in [-0.2, 0) is 4.79 Å². The molecule has 8 heteroatoms. The molecular formula is C18H11BrClF3N2O. The van der Waals surface area contributed by atoms with Crippen molar-refractivity contribution in [3.8, 4) is 0 Å². The molecule has 0 saturated carbocycles. The Kier molecular flexibility index (Phi) is 5.11. The van der Waals surface area contributed by atoms with Crippen molar-refractivity contribution in [2.75, 3.05) is 5.32 Å². The van der Waals surface area contributed by atoms with Gasteiger partial charge in [0.1, 0.15) is 0 Å². The maximum Gasteiger partial charge on any atom is 0.471 e. The van der Waals surface area contributed by atoms with Crippen LogP contribution in [0.5, 0.6) is 0 Å². The molecule has 1 amide bonds. The lowest BCUT2D eigenvalue weighted by atomic mass is 10.1. The summed E-state index contributed by atoms with van der Waals surface area (Å²) in [6.07, 6.45) is -1.67. The fourth-order valence-electron chi connectivity index (χ4n) is 2.39. The van der Waals surface area contributed by atoms with E-state index in [1.807, 2.05) is 5.32 Å². The molecule has 0 bridgehead atoms. The highest BCUT2D eigenvalue weighted by Gasteiger charge is 2.39. The Balaban J connectivity index is 2.03. The highest BCUT2D eigenvalue weighted by Crippen LogP contribution is 2.32. The molecule has 1 heterocycles. The number of benzene rings is 2. The summed E-state index contributed by atoms with van der Waals surface area (Å²) in [7, 11) is 0. The lowest BCUT2D eigenvalue weighted by Gasteiger charge is -2.08. The summed E-state index contributed by atoms with van der Waals surface area (Å²) in [6, 6.07) is 12.0. The van der Waals surface area contributed by atoms with Crippen LogP contribution >= 0.6 is 27.5 Å². The third-order valence-corrected chi connectivity index (χ3v) is 4.34. The fraction of sp³-hybridized carbons (Fsp3) is 0.0556. The summed E-state index contributed by atoms with van der Waals surface area (Å²) in [4.78, 5) is 14.4. The lowest BCUT2D eigenvalue weighted by molar-refractivity contribution is -0.167. The molecule has 0 aliphatic carbocycles. The number of H-pyrrole nitrogens is 1. The molecule has 0 atom stereocenters. The number of hydrogen-bond acceptors (Lipinski definition) is 1. The first kappa shape index (κ1) is 18.5. The van der Waals surface area contributed by atoms with Gasteiger partial charge in [-0.15, -0.1) is 0 Å². The van der Waals surface area contributed by atoms with E-state index in [2.05, 4.69) is 20.9 Å². The zero-order chi connectivity index (χ0) is 18.9. The first-order valence-corrected chi connectivity index (χ1v) is 8.54. The first-order valence-electron chi connectivity index (χ1n) is 7.37. The summed E-state index contributed by atoms with van der Waals surface area (Å²) in [5.74, 6) is -2.03. The van der Waals surface area contributed by atoms with Gasteiger partial charge in [-0.3, -0.25) is 4.79 Å². The van der Waals surface area contributed by atoms with Gasteiger partial charge >= 0.3 is 12.1 Å². The molecule has 26 heavy (non-hydrogen) atoms. The fourth-order valence-corrected chi connectivity index (χ4v) is 2.88. The summed E-state index contributed by atoms with van der Waals surface area (Å²) >= 11 is 9.15. The number of carbonyl (C=O) groups excluding carboxylic acids is 1. The summed E-state index contributed by atoms with van der Waals surface area (Å²) < 4.78 is 38.8. The zero-order valence-corrected chi connectivity index (χ0v) is 15.3. The van der Waals surface area contributed by atoms with Crippen molar-refractivity contribution in [1.82, 2.24) is 4.98 Å². The predicted molar refractivity (Wildman–Crippen MR) is 101 cm³/mol. The molecule has 2 aromatic carbocycles. The molecule has 0 saturated heterocycles. The van der Waals surface area contributed by atoms with Crippen molar-refractivity contribution in [2.24, 2.45) is 0 Å². The molecule has 2 N–H and O–H groups in total. The summed E-state index contributed by atoms with van der Waals surface area (Å²) in [5.41, 5.74) is 1.82. The minimum absolute atomic E-state index is 0.0695. The first-order chi connectivity index (χ1) is 12.2. The molecule has 134 valence electrons. The minimum atomic E-state index is -4.98. The highest BCUT2D eigenvalue weighted by molar-refractivity contribution is 9.10. The van der Waals surface area contributed by atoms with E-state index in [1.54, 1.807) is 54.6 Å². The van der Waals surface area contributed by atoms with Gasteiger partial charge in [0, 0.05) is 20.4 Å². The Morgan fingerprint density at radius 3 is 2.46 bits per heavy atom. The monoisotopic (exact) mass is 442 g/mol. The van der Waals surface area contributed by atoms with Crippen molar-refractivity contribution >= 4 is 62.2 Å². The van der Waals surface area contributed by atoms with Crippen LogP contribution in [0.15, 0.2) is 46.9 Å². The molecule has 0 aliphatic rings. The van der Waals surface area contributed by atoms with Gasteiger partial charge in [0.25, 0.3) is 0 Å². The van der Waals surface area contributed by atoms with Crippen molar-refractivity contribution in [1.29, 1.82) is 0 Å². The Morgan fingerprint density at radius 1 is 1.12 bits per heavy atom. The second kappa shape index (κ2) is 7.17. The minimum Gasteiger partial charge on any atom is -0.353 e. The Hall–Kier alpha value is -2.25. The molecule has 3 rings (SSSR count). The summed E-state index contributed by atoms with van der Waals surface area (Å²) in [6.45, 7) is 0. The lowest BCUT2D eigenvalue weighted by Crippen LogP contribution is -2.30. The number of aromatic amines is 1. The zero-order valence-electron chi connectivity index (χ0n) is 13.0. The third kappa shape index (κ3) is 4.11. The average molecular weight is 444 g/mol. The van der Waals surface area contributed by atoms with Crippen LogP contribution in [-0.4, -0.2) is 17.1 Å². The van der Waals surface area contributed by atoms with E-state index in [0.29, 0.717) is 21.6 Å². The predicted octanol–water partition coefficient (Wildman–Crippen LogP) is 6.26. The van der Waals surface area contributed by atoms with Crippen LogP contribution in [0, 0.1) is 0 Å². The highest BCUT2D eigenvalue weighted by atomic mass is 79.9. The van der Waals surface area contributed by atoms with Gasteiger partial charge in [0.05, 0.1) is 11.4 Å². The number of amides is 1. The van der Waals surface area contributed by atoms with Crippen molar-refractivity contribution in [3.05, 3.63) is 63.2 Å². The number of alkyl halides is 3. The van der Waals surface area contributed by atoms with Gasteiger partial charge in [0.2, 0.25) is 0 Å². The van der Waals surface area contributed by atoms with Crippen molar-refractivity contribution in [3.63, 3.8) is 0 Å². The second-order valence-electron chi connectivity index (χ2n) is 5.44. The van der Waals surface area contributed by atoms with Crippen molar-refractivity contribution < 1.29 is 18.0 Å². The smallest absolute Gasteiger partial charge is 0.353 e. The molecule has 0 aliphatic heterocycles. The van der Waals surface area contributed by atoms with Gasteiger partial charge in [-0.05, 0) is 42.0 Å². The maximum atomic E-state index is 12.7. The van der Waals surface area contributed by atoms with Crippen LogP contribution in [0.3, 0.4) is 0 Å². The molecule has 0 spiro atoms. The van der Waals surface area contributed by atoms with Crippen molar-refractivity contribution in [2.45, 2.75) is 6.18 Å². The van der Waals surface area contributed by atoms with Gasteiger partial charge in [0.15, 0.2) is 0 Å². The van der Waals surface area contributed by atoms with Crippen LogP contribution in [0.25, 0.3) is 23.1 Å². The molecule has 0 fully saturated rings. The number of fused-ring (bicyclic) bond motifs is 1. The Bertz CT molecular complexity index is 994. The number of nitrogens with one attached hydrogen (secondary N) is 2. The number of rotatable bonds is 3. The molecule has 0 radical (unpaired) electrons. The number of hydrogen-bond donors (Lipinski definition) is 2. The molecule has 3 nitrogen and oxygen atoms in total. The normalized spacial score (nSPS) is 12.0. The van der Waals surface area contributed by atoms with E-state index in [9.17, 15) is 18.0 Å². The van der Waals surface area contributed by atoms with Gasteiger partial charge < -0.3 is 10.3 Å². The Morgan fingerprint density at radius 2 is 1.81 bits per heavy atom. The van der Waals surface area contributed by atoms with E-state index in [4.69, 9.17) is 11.6 Å². The molecule has 3 aromatic rings. The maximum absolute atomic E-state index is 12.7. The van der Waals surface area contributed by atoms with Gasteiger partial charge in [-0.25, -0.2) is 0 Å². The number of carbonyl (C=O) groups is 1. The van der Waals surface area contributed by atoms with Gasteiger partial charge in [-0.2, -0.15) is 13.2 Å².